The van der Waals surface area contributed by atoms with E-state index in [2.05, 4.69) is 36.3 Å². The van der Waals surface area contributed by atoms with Gasteiger partial charge >= 0.3 is 0 Å². The second kappa shape index (κ2) is 8.22. The number of carbonyl (C=O) groups is 1. The summed E-state index contributed by atoms with van der Waals surface area (Å²) in [5.41, 5.74) is 2.95. The molecular formula is C21H22N2O3S. The number of nitrogens with one attached hydrogen (secondary N) is 1. The molecular weight excluding hydrogens is 360 g/mol. The zero-order valence-corrected chi connectivity index (χ0v) is 16.6. The van der Waals surface area contributed by atoms with Gasteiger partial charge < -0.3 is 9.47 Å². The van der Waals surface area contributed by atoms with E-state index < -0.39 is 0 Å². The van der Waals surface area contributed by atoms with E-state index in [0.29, 0.717) is 28.1 Å². The van der Waals surface area contributed by atoms with Crippen molar-refractivity contribution >= 4 is 38.7 Å². The number of benzene rings is 2. The highest BCUT2D eigenvalue weighted by Crippen LogP contribution is 2.36. The minimum Gasteiger partial charge on any atom is -0.497 e. The van der Waals surface area contributed by atoms with Crippen molar-refractivity contribution < 1.29 is 14.3 Å². The van der Waals surface area contributed by atoms with Crippen LogP contribution in [0.25, 0.3) is 16.3 Å². The van der Waals surface area contributed by atoms with Gasteiger partial charge in [-0.05, 0) is 29.2 Å². The van der Waals surface area contributed by atoms with Crippen molar-refractivity contribution in [3.05, 3.63) is 53.6 Å². The number of aromatic nitrogens is 1. The van der Waals surface area contributed by atoms with E-state index in [-0.39, 0.29) is 5.91 Å². The maximum absolute atomic E-state index is 12.2. The van der Waals surface area contributed by atoms with Gasteiger partial charge in [0.05, 0.1) is 18.9 Å². The molecule has 27 heavy (non-hydrogen) atoms. The Hall–Kier alpha value is -2.86. The summed E-state index contributed by atoms with van der Waals surface area (Å²) in [5.74, 6) is 1.56. The Morgan fingerprint density at radius 2 is 1.89 bits per heavy atom. The predicted octanol–water partition coefficient (Wildman–Crippen LogP) is 5.09. The minimum absolute atomic E-state index is 0.229. The van der Waals surface area contributed by atoms with Gasteiger partial charge in [-0.15, -0.1) is 0 Å². The number of amides is 1. The van der Waals surface area contributed by atoms with Crippen LogP contribution in [0.15, 0.2) is 42.5 Å². The Kier molecular flexibility index (Phi) is 5.76. The molecule has 0 aliphatic rings. The van der Waals surface area contributed by atoms with Crippen molar-refractivity contribution in [2.75, 3.05) is 19.5 Å². The van der Waals surface area contributed by atoms with Crippen molar-refractivity contribution in [3.63, 3.8) is 0 Å². The van der Waals surface area contributed by atoms with Gasteiger partial charge in [-0.2, -0.15) is 0 Å². The van der Waals surface area contributed by atoms with Crippen LogP contribution < -0.4 is 14.8 Å². The molecule has 0 atom stereocenters. The van der Waals surface area contributed by atoms with Gasteiger partial charge in [0.25, 0.3) is 0 Å². The lowest BCUT2D eigenvalue weighted by molar-refractivity contribution is -0.111. The first kappa shape index (κ1) is 18.9. The van der Waals surface area contributed by atoms with Crippen molar-refractivity contribution in [1.29, 1.82) is 0 Å². The first-order valence-electron chi connectivity index (χ1n) is 8.61. The highest BCUT2D eigenvalue weighted by molar-refractivity contribution is 7.22. The van der Waals surface area contributed by atoms with Gasteiger partial charge in [0.2, 0.25) is 5.91 Å². The average molecular weight is 382 g/mol. The molecule has 140 valence electrons. The molecule has 1 N–H and O–H groups in total. The molecule has 0 radical (unpaired) electrons. The lowest BCUT2D eigenvalue weighted by Gasteiger charge is -2.04. The molecule has 1 amide bonds. The summed E-state index contributed by atoms with van der Waals surface area (Å²) in [6, 6.07) is 11.8. The second-order valence-electron chi connectivity index (χ2n) is 6.34. The Morgan fingerprint density at radius 1 is 1.15 bits per heavy atom. The summed E-state index contributed by atoms with van der Waals surface area (Å²) in [4.78, 5) is 16.7. The molecule has 5 nitrogen and oxygen atoms in total. The van der Waals surface area contributed by atoms with Crippen molar-refractivity contribution in [1.82, 2.24) is 4.98 Å². The highest BCUT2D eigenvalue weighted by Gasteiger charge is 2.12. The number of ether oxygens (including phenoxy) is 2. The van der Waals surface area contributed by atoms with Crippen LogP contribution in [-0.4, -0.2) is 25.1 Å². The van der Waals surface area contributed by atoms with Crippen LogP contribution >= 0.6 is 11.3 Å². The van der Waals surface area contributed by atoms with Gasteiger partial charge in [-0.1, -0.05) is 49.4 Å². The van der Waals surface area contributed by atoms with Crippen LogP contribution in [0.4, 0.5) is 5.13 Å². The number of nitrogens with zero attached hydrogens (tertiary/aromatic N) is 1. The lowest BCUT2D eigenvalue weighted by atomic mass is 10.0. The summed E-state index contributed by atoms with van der Waals surface area (Å²) < 4.78 is 11.5. The van der Waals surface area contributed by atoms with Gasteiger partial charge in [0.15, 0.2) is 5.13 Å². The van der Waals surface area contributed by atoms with E-state index in [9.17, 15) is 4.79 Å². The van der Waals surface area contributed by atoms with Crippen molar-refractivity contribution in [2.24, 2.45) is 0 Å². The molecule has 6 heteroatoms. The smallest absolute Gasteiger partial charge is 0.250 e. The van der Waals surface area contributed by atoms with E-state index in [4.69, 9.17) is 9.47 Å². The topological polar surface area (TPSA) is 60.5 Å². The average Bonchev–Trinajstić information content (AvgIpc) is 3.07. The molecule has 1 heterocycles. The molecule has 0 aliphatic heterocycles. The quantitative estimate of drug-likeness (QED) is 0.603. The Morgan fingerprint density at radius 3 is 2.52 bits per heavy atom. The number of hydrogen-bond donors (Lipinski definition) is 1. The fraction of sp³-hybridized carbons (Fsp3) is 0.238. The van der Waals surface area contributed by atoms with Crippen molar-refractivity contribution in [2.45, 2.75) is 19.8 Å². The Bertz CT molecular complexity index is 975. The van der Waals surface area contributed by atoms with Gasteiger partial charge in [-0.3, -0.25) is 10.1 Å². The molecule has 2 aromatic carbocycles. The highest BCUT2D eigenvalue weighted by atomic mass is 32.1. The molecule has 1 aromatic heterocycles. The third kappa shape index (κ3) is 4.46. The second-order valence-corrected chi connectivity index (χ2v) is 7.37. The van der Waals surface area contributed by atoms with E-state index in [1.807, 2.05) is 18.2 Å². The third-order valence-corrected chi connectivity index (χ3v) is 5.07. The fourth-order valence-corrected chi connectivity index (χ4v) is 3.53. The summed E-state index contributed by atoms with van der Waals surface area (Å²) in [6.07, 6.45) is 3.30. The number of carbonyl (C=O) groups excluding carboxylic acids is 1. The summed E-state index contributed by atoms with van der Waals surface area (Å²) in [7, 11) is 3.18. The number of anilines is 1. The van der Waals surface area contributed by atoms with E-state index in [0.717, 1.165) is 10.3 Å². The normalized spacial score (nSPS) is 11.3. The first-order valence-corrected chi connectivity index (χ1v) is 9.43. The van der Waals surface area contributed by atoms with E-state index >= 15 is 0 Å². The van der Waals surface area contributed by atoms with E-state index in [1.54, 1.807) is 26.4 Å². The number of hydrogen-bond acceptors (Lipinski definition) is 5. The van der Waals surface area contributed by atoms with Crippen LogP contribution in [0.1, 0.15) is 30.9 Å². The minimum atomic E-state index is -0.229. The summed E-state index contributed by atoms with van der Waals surface area (Å²) in [6.45, 7) is 4.31. The van der Waals surface area contributed by atoms with Gasteiger partial charge in [0, 0.05) is 12.1 Å². The van der Waals surface area contributed by atoms with Crippen LogP contribution in [0.3, 0.4) is 0 Å². The van der Waals surface area contributed by atoms with Crippen molar-refractivity contribution in [3.8, 4) is 11.5 Å². The molecule has 3 aromatic rings. The van der Waals surface area contributed by atoms with E-state index in [1.165, 1.54) is 23.0 Å². The van der Waals surface area contributed by atoms with Crippen LogP contribution in [0, 0.1) is 0 Å². The molecule has 0 spiro atoms. The molecule has 0 fully saturated rings. The zero-order valence-electron chi connectivity index (χ0n) is 15.8. The SMILES string of the molecule is COc1cc(OC)c2nc(NC(=O)C=Cc3ccc(C(C)C)cc3)sc2c1. The number of methoxy groups -OCH3 is 2. The molecule has 0 aliphatic carbocycles. The van der Waals surface area contributed by atoms with Crippen LogP contribution in [0.2, 0.25) is 0 Å². The molecule has 3 rings (SSSR count). The third-order valence-electron chi connectivity index (χ3n) is 4.15. The predicted molar refractivity (Wildman–Crippen MR) is 111 cm³/mol. The monoisotopic (exact) mass is 382 g/mol. The number of fused-ring (bicyclic) bond motifs is 1. The maximum Gasteiger partial charge on any atom is 0.250 e. The van der Waals surface area contributed by atoms with Crippen LogP contribution in [-0.2, 0) is 4.79 Å². The van der Waals surface area contributed by atoms with Crippen LogP contribution in [0.5, 0.6) is 11.5 Å². The standard InChI is InChI=1S/C21H22N2O3S/c1-13(2)15-8-5-14(6-9-15)7-10-19(24)22-21-23-20-17(26-4)11-16(25-3)12-18(20)27-21/h5-13H,1-4H3,(H,22,23,24). The summed E-state index contributed by atoms with van der Waals surface area (Å²) in [5, 5.41) is 3.32. The molecule has 0 unspecified atom stereocenters. The largest absolute Gasteiger partial charge is 0.497 e. The Labute approximate surface area is 162 Å². The first-order chi connectivity index (χ1) is 13.0. The lowest BCUT2D eigenvalue weighted by Crippen LogP contribution is -2.07. The molecule has 0 bridgehead atoms. The fourth-order valence-electron chi connectivity index (χ4n) is 2.61. The van der Waals surface area contributed by atoms with Gasteiger partial charge in [-0.25, -0.2) is 4.98 Å². The maximum atomic E-state index is 12.2. The number of rotatable bonds is 6. The summed E-state index contributed by atoms with van der Waals surface area (Å²) >= 11 is 1.37. The molecule has 0 saturated carbocycles. The Balaban J connectivity index is 1.73. The zero-order chi connectivity index (χ0) is 19.4. The molecule has 0 saturated heterocycles. The number of thiazole rings is 1. The van der Waals surface area contributed by atoms with Gasteiger partial charge in [0.1, 0.15) is 17.0 Å².